The van der Waals surface area contributed by atoms with Gasteiger partial charge in [-0.2, -0.15) is 0 Å². The number of hydrogen-bond acceptors (Lipinski definition) is 5. The van der Waals surface area contributed by atoms with Crippen LogP contribution in [0.2, 0.25) is 0 Å². The quantitative estimate of drug-likeness (QED) is 0.346. The van der Waals surface area contributed by atoms with Crippen molar-refractivity contribution in [3.8, 4) is 0 Å². The third kappa shape index (κ3) is 8.35. The third-order valence-corrected chi connectivity index (χ3v) is 7.04. The predicted octanol–water partition coefficient (Wildman–Crippen LogP) is 4.85. The molecule has 0 fully saturated rings. The fraction of sp³-hybridized carbons (Fsp3) is 0.308. The second kappa shape index (κ2) is 13.2. The summed E-state index contributed by atoms with van der Waals surface area (Å²) in [6.45, 7) is 3.90. The molecule has 0 unspecified atom stereocenters. The molecule has 1 heterocycles. The van der Waals surface area contributed by atoms with Crippen LogP contribution in [0.15, 0.2) is 77.7 Å². The predicted molar refractivity (Wildman–Crippen MR) is 135 cm³/mol. The van der Waals surface area contributed by atoms with E-state index in [4.69, 9.17) is 4.74 Å². The lowest BCUT2D eigenvalue weighted by Crippen LogP contribution is -2.44. The molecule has 7 heteroatoms. The maximum Gasteiger partial charge on any atom is 0.242 e. The van der Waals surface area contributed by atoms with Crippen molar-refractivity contribution in [2.45, 2.75) is 24.9 Å². The summed E-state index contributed by atoms with van der Waals surface area (Å²) in [6.07, 6.45) is 0. The normalized spacial score (nSPS) is 10.7. The number of carbonyl (C=O) groups is 2. The molecule has 174 valence electrons. The number of ether oxygens (including phenoxy) is 1. The number of rotatable bonds is 12. The van der Waals surface area contributed by atoms with Crippen molar-refractivity contribution in [2.24, 2.45) is 0 Å². The molecule has 0 aliphatic heterocycles. The minimum Gasteiger partial charge on any atom is -0.383 e. The minimum atomic E-state index is -0.0703. The van der Waals surface area contributed by atoms with Crippen LogP contribution < -0.4 is 0 Å². The zero-order valence-corrected chi connectivity index (χ0v) is 20.7. The molecule has 0 atom stereocenters. The summed E-state index contributed by atoms with van der Waals surface area (Å²) < 4.78 is 5.20. The van der Waals surface area contributed by atoms with Gasteiger partial charge in [-0.15, -0.1) is 23.1 Å². The number of amides is 2. The molecule has 3 aromatic rings. The standard InChI is InChI=1S/C26H30N2O3S2/c1-21-13-14-24(33-21)18-28(17-22-9-5-3-6-10-22)25(29)19-27(15-16-31-2)26(30)20-32-23-11-7-4-8-12-23/h3-14H,15-20H2,1-2H3. The van der Waals surface area contributed by atoms with Crippen LogP contribution in [0.4, 0.5) is 0 Å². The maximum absolute atomic E-state index is 13.4. The van der Waals surface area contributed by atoms with E-state index >= 15 is 0 Å². The lowest BCUT2D eigenvalue weighted by atomic mass is 10.2. The Morgan fingerprint density at radius 2 is 1.58 bits per heavy atom. The van der Waals surface area contributed by atoms with Gasteiger partial charge >= 0.3 is 0 Å². The van der Waals surface area contributed by atoms with E-state index in [1.807, 2.05) is 65.6 Å². The Morgan fingerprint density at radius 3 is 2.21 bits per heavy atom. The first kappa shape index (κ1) is 25.0. The summed E-state index contributed by atoms with van der Waals surface area (Å²) in [4.78, 5) is 33.2. The van der Waals surface area contributed by atoms with Crippen molar-refractivity contribution < 1.29 is 14.3 Å². The lowest BCUT2D eigenvalue weighted by molar-refractivity contribution is -0.140. The molecule has 2 amide bonds. The van der Waals surface area contributed by atoms with Crippen LogP contribution in [0, 0.1) is 6.92 Å². The van der Waals surface area contributed by atoms with Crippen molar-refractivity contribution in [1.82, 2.24) is 9.80 Å². The van der Waals surface area contributed by atoms with Gasteiger partial charge in [0, 0.05) is 34.8 Å². The largest absolute Gasteiger partial charge is 0.383 e. The van der Waals surface area contributed by atoms with Crippen LogP contribution in [-0.2, 0) is 27.4 Å². The Labute approximate surface area is 204 Å². The molecular formula is C26H30N2O3S2. The van der Waals surface area contributed by atoms with E-state index in [1.165, 1.54) is 16.6 Å². The number of thioether (sulfide) groups is 1. The number of hydrogen-bond donors (Lipinski definition) is 0. The Bertz CT molecular complexity index is 1010. The summed E-state index contributed by atoms with van der Waals surface area (Å²) in [5.74, 6) is 0.143. The van der Waals surface area contributed by atoms with E-state index in [0.29, 0.717) is 26.2 Å². The van der Waals surface area contributed by atoms with Crippen LogP contribution in [0.5, 0.6) is 0 Å². The number of thiophene rings is 1. The van der Waals surface area contributed by atoms with Gasteiger partial charge in [-0.1, -0.05) is 48.5 Å². The molecule has 3 rings (SSSR count). The average molecular weight is 483 g/mol. The Kier molecular flexibility index (Phi) is 10.00. The lowest BCUT2D eigenvalue weighted by Gasteiger charge is -2.27. The van der Waals surface area contributed by atoms with E-state index in [9.17, 15) is 9.59 Å². The summed E-state index contributed by atoms with van der Waals surface area (Å²) in [5, 5.41) is 0. The highest BCUT2D eigenvalue weighted by Crippen LogP contribution is 2.20. The fourth-order valence-corrected chi connectivity index (χ4v) is 5.03. The van der Waals surface area contributed by atoms with Gasteiger partial charge in [-0.3, -0.25) is 9.59 Å². The Hall–Kier alpha value is -2.61. The molecule has 0 radical (unpaired) electrons. The number of nitrogens with zero attached hydrogens (tertiary/aromatic N) is 2. The molecule has 5 nitrogen and oxygen atoms in total. The maximum atomic E-state index is 13.4. The van der Waals surface area contributed by atoms with E-state index in [0.717, 1.165) is 15.3 Å². The van der Waals surface area contributed by atoms with E-state index in [2.05, 4.69) is 19.1 Å². The Morgan fingerprint density at radius 1 is 0.879 bits per heavy atom. The number of benzene rings is 2. The molecule has 0 spiro atoms. The summed E-state index contributed by atoms with van der Waals surface area (Å²) in [6, 6.07) is 23.9. The average Bonchev–Trinajstić information content (AvgIpc) is 3.25. The first-order chi connectivity index (χ1) is 16.0. The molecular weight excluding hydrogens is 452 g/mol. The second-order valence-corrected chi connectivity index (χ2v) is 10.1. The van der Waals surface area contributed by atoms with E-state index in [1.54, 1.807) is 23.3 Å². The number of carbonyl (C=O) groups excluding carboxylic acids is 2. The molecule has 0 saturated carbocycles. The smallest absolute Gasteiger partial charge is 0.242 e. The van der Waals surface area contributed by atoms with Crippen LogP contribution in [0.3, 0.4) is 0 Å². The van der Waals surface area contributed by atoms with Crippen LogP contribution >= 0.6 is 23.1 Å². The van der Waals surface area contributed by atoms with Gasteiger partial charge < -0.3 is 14.5 Å². The van der Waals surface area contributed by atoms with Crippen molar-refractivity contribution in [3.63, 3.8) is 0 Å². The van der Waals surface area contributed by atoms with Gasteiger partial charge in [-0.05, 0) is 36.8 Å². The van der Waals surface area contributed by atoms with Gasteiger partial charge in [0.05, 0.1) is 25.4 Å². The highest BCUT2D eigenvalue weighted by atomic mass is 32.2. The molecule has 1 aromatic heterocycles. The molecule has 0 aliphatic carbocycles. The van der Waals surface area contributed by atoms with Gasteiger partial charge in [0.1, 0.15) is 0 Å². The second-order valence-electron chi connectivity index (χ2n) is 7.66. The van der Waals surface area contributed by atoms with Crippen LogP contribution in [-0.4, -0.2) is 54.2 Å². The molecule has 0 saturated heterocycles. The zero-order chi connectivity index (χ0) is 23.5. The van der Waals surface area contributed by atoms with Crippen molar-refractivity contribution in [3.05, 3.63) is 88.1 Å². The number of methoxy groups -OCH3 is 1. The van der Waals surface area contributed by atoms with Crippen molar-refractivity contribution >= 4 is 34.9 Å². The molecule has 0 N–H and O–H groups in total. The summed E-state index contributed by atoms with van der Waals surface area (Å²) in [7, 11) is 1.60. The minimum absolute atomic E-state index is 0.0364. The molecule has 2 aromatic carbocycles. The van der Waals surface area contributed by atoms with Gasteiger partial charge in [0.2, 0.25) is 11.8 Å². The zero-order valence-electron chi connectivity index (χ0n) is 19.1. The first-order valence-electron chi connectivity index (χ1n) is 10.9. The summed E-state index contributed by atoms with van der Waals surface area (Å²) in [5.41, 5.74) is 1.06. The third-order valence-electron chi connectivity index (χ3n) is 5.06. The van der Waals surface area contributed by atoms with Crippen LogP contribution in [0.1, 0.15) is 15.3 Å². The molecule has 0 bridgehead atoms. The van der Waals surface area contributed by atoms with E-state index in [-0.39, 0.29) is 24.1 Å². The topological polar surface area (TPSA) is 49.9 Å². The van der Waals surface area contributed by atoms with Gasteiger partial charge in [0.15, 0.2) is 0 Å². The van der Waals surface area contributed by atoms with E-state index < -0.39 is 0 Å². The monoisotopic (exact) mass is 482 g/mol. The van der Waals surface area contributed by atoms with Gasteiger partial charge in [0.25, 0.3) is 0 Å². The van der Waals surface area contributed by atoms with Crippen molar-refractivity contribution in [2.75, 3.05) is 32.6 Å². The summed E-state index contributed by atoms with van der Waals surface area (Å²) >= 11 is 3.17. The first-order valence-corrected chi connectivity index (χ1v) is 12.7. The number of aryl methyl sites for hydroxylation is 1. The fourth-order valence-electron chi connectivity index (χ4n) is 3.30. The van der Waals surface area contributed by atoms with Crippen molar-refractivity contribution in [1.29, 1.82) is 0 Å². The Balaban J connectivity index is 1.69. The van der Waals surface area contributed by atoms with Crippen LogP contribution in [0.25, 0.3) is 0 Å². The molecule has 0 aliphatic rings. The highest BCUT2D eigenvalue weighted by molar-refractivity contribution is 8.00. The highest BCUT2D eigenvalue weighted by Gasteiger charge is 2.22. The molecule has 33 heavy (non-hydrogen) atoms. The SMILES string of the molecule is COCCN(CC(=O)N(Cc1ccccc1)Cc1ccc(C)s1)C(=O)CSc1ccccc1. The van der Waals surface area contributed by atoms with Gasteiger partial charge in [-0.25, -0.2) is 0 Å².